The van der Waals surface area contributed by atoms with Crippen LogP contribution in [0.5, 0.6) is 17.2 Å². The zero-order valence-corrected chi connectivity index (χ0v) is 18.2. The number of nitro benzene ring substituents is 1. The molecule has 1 aliphatic rings. The summed E-state index contributed by atoms with van der Waals surface area (Å²) in [6.07, 6.45) is 0. The molecular formula is C24H16ClN3O6. The van der Waals surface area contributed by atoms with Gasteiger partial charge in [-0.3, -0.25) is 10.1 Å². The van der Waals surface area contributed by atoms with Crippen LogP contribution in [0, 0.1) is 21.4 Å². The van der Waals surface area contributed by atoms with Gasteiger partial charge in [0.05, 0.1) is 15.9 Å². The van der Waals surface area contributed by atoms with Crippen molar-refractivity contribution in [3.05, 3.63) is 104 Å². The van der Waals surface area contributed by atoms with Crippen LogP contribution in [0.4, 0.5) is 5.69 Å². The van der Waals surface area contributed by atoms with E-state index in [1.54, 1.807) is 36.4 Å². The van der Waals surface area contributed by atoms with Gasteiger partial charge in [0.1, 0.15) is 28.9 Å². The Morgan fingerprint density at radius 1 is 1.18 bits per heavy atom. The number of fused-ring (bicyclic) bond motifs is 1. The highest BCUT2D eigenvalue weighted by Gasteiger charge is 2.32. The highest BCUT2D eigenvalue weighted by Crippen LogP contribution is 2.44. The summed E-state index contributed by atoms with van der Waals surface area (Å²) in [6.45, 7) is -0.376. The second kappa shape index (κ2) is 9.52. The molecule has 1 aliphatic heterocycles. The van der Waals surface area contributed by atoms with Crippen LogP contribution >= 0.6 is 11.6 Å². The van der Waals surface area contributed by atoms with Gasteiger partial charge in [-0.05, 0) is 23.8 Å². The average molecular weight is 478 g/mol. The zero-order chi connectivity index (χ0) is 24.2. The summed E-state index contributed by atoms with van der Waals surface area (Å²) in [5, 5.41) is 21.2. The van der Waals surface area contributed by atoms with Crippen molar-refractivity contribution in [2.75, 3.05) is 6.61 Å². The van der Waals surface area contributed by atoms with E-state index in [1.807, 2.05) is 6.07 Å². The molecule has 170 valence electrons. The molecular weight excluding hydrogens is 462 g/mol. The molecule has 0 spiro atoms. The highest BCUT2D eigenvalue weighted by atomic mass is 35.5. The second-order valence-electron chi connectivity index (χ2n) is 7.17. The van der Waals surface area contributed by atoms with Crippen molar-refractivity contribution in [1.29, 1.82) is 5.26 Å². The molecule has 10 heteroatoms. The van der Waals surface area contributed by atoms with Gasteiger partial charge in [-0.15, -0.1) is 0 Å². The van der Waals surface area contributed by atoms with E-state index in [9.17, 15) is 20.2 Å². The van der Waals surface area contributed by atoms with Gasteiger partial charge >= 0.3 is 5.97 Å². The molecule has 0 saturated heterocycles. The minimum Gasteiger partial charge on any atom is -0.480 e. The van der Waals surface area contributed by atoms with Gasteiger partial charge in [0, 0.05) is 23.8 Å². The first kappa shape index (κ1) is 22.6. The number of allylic oxidation sites excluding steroid dienone is 1. The van der Waals surface area contributed by atoms with E-state index in [0.29, 0.717) is 21.9 Å². The maximum Gasteiger partial charge on any atom is 0.349 e. The number of non-ortho nitro benzene ring substituents is 1. The lowest BCUT2D eigenvalue weighted by molar-refractivity contribution is -0.384. The van der Waals surface area contributed by atoms with Gasteiger partial charge in [0.2, 0.25) is 5.88 Å². The van der Waals surface area contributed by atoms with Crippen LogP contribution in [0.15, 0.2) is 78.2 Å². The summed E-state index contributed by atoms with van der Waals surface area (Å²) in [5.74, 6) is -0.745. The summed E-state index contributed by atoms with van der Waals surface area (Å²) in [6, 6.07) is 19.3. The smallest absolute Gasteiger partial charge is 0.349 e. The number of nitro groups is 1. The molecule has 0 radical (unpaired) electrons. The van der Waals surface area contributed by atoms with Gasteiger partial charge in [-0.1, -0.05) is 41.9 Å². The third-order valence-electron chi connectivity index (χ3n) is 5.02. The zero-order valence-electron chi connectivity index (χ0n) is 17.4. The first-order valence-corrected chi connectivity index (χ1v) is 10.3. The lowest BCUT2D eigenvalue weighted by Gasteiger charge is -2.26. The number of rotatable bonds is 6. The third kappa shape index (κ3) is 4.62. The quantitative estimate of drug-likeness (QED) is 0.238. The maximum atomic E-state index is 12.2. The molecule has 0 bridgehead atoms. The Kier molecular flexibility index (Phi) is 6.34. The Hall–Kier alpha value is -4.55. The van der Waals surface area contributed by atoms with Gasteiger partial charge in [0.25, 0.3) is 5.69 Å². The fourth-order valence-corrected chi connectivity index (χ4v) is 3.71. The summed E-state index contributed by atoms with van der Waals surface area (Å²) >= 11 is 6.01. The van der Waals surface area contributed by atoms with Crippen LogP contribution in [-0.2, 0) is 4.79 Å². The van der Waals surface area contributed by atoms with Crippen LogP contribution in [0.2, 0.25) is 5.02 Å². The number of nitrogens with two attached hydrogens (primary N) is 1. The fraction of sp³-hybridized carbons (Fsp3) is 0.0833. The van der Waals surface area contributed by atoms with Crippen LogP contribution in [0.25, 0.3) is 0 Å². The number of nitrogens with zero attached hydrogens (tertiary/aromatic N) is 2. The first-order chi connectivity index (χ1) is 16.4. The highest BCUT2D eigenvalue weighted by molar-refractivity contribution is 6.32. The molecule has 1 heterocycles. The number of carbonyl (C=O) groups is 1. The average Bonchev–Trinajstić information content (AvgIpc) is 2.82. The van der Waals surface area contributed by atoms with Gasteiger partial charge in [-0.25, -0.2) is 4.79 Å². The maximum absolute atomic E-state index is 12.2. The molecule has 0 saturated carbocycles. The van der Waals surface area contributed by atoms with Crippen molar-refractivity contribution in [3.63, 3.8) is 0 Å². The summed E-state index contributed by atoms with van der Waals surface area (Å²) in [7, 11) is 0. The number of benzene rings is 3. The number of hydrogen-bond acceptors (Lipinski definition) is 8. The Bertz CT molecular complexity index is 1360. The van der Waals surface area contributed by atoms with Crippen molar-refractivity contribution in [1.82, 2.24) is 0 Å². The van der Waals surface area contributed by atoms with Crippen molar-refractivity contribution in [2.24, 2.45) is 5.73 Å². The summed E-state index contributed by atoms with van der Waals surface area (Å²) in [5.41, 5.74) is 7.00. The molecule has 0 aromatic heterocycles. The summed E-state index contributed by atoms with van der Waals surface area (Å²) in [4.78, 5) is 22.9. The Balaban J connectivity index is 1.58. The number of halogens is 1. The van der Waals surface area contributed by atoms with E-state index in [2.05, 4.69) is 0 Å². The molecule has 4 rings (SSSR count). The number of esters is 1. The Morgan fingerprint density at radius 2 is 1.97 bits per heavy atom. The Morgan fingerprint density at radius 3 is 2.71 bits per heavy atom. The second-order valence-corrected chi connectivity index (χ2v) is 7.58. The molecule has 9 nitrogen and oxygen atoms in total. The number of nitriles is 1. The van der Waals surface area contributed by atoms with E-state index in [0.717, 1.165) is 0 Å². The topological polar surface area (TPSA) is 138 Å². The minimum absolute atomic E-state index is 0.117. The monoisotopic (exact) mass is 477 g/mol. The van der Waals surface area contributed by atoms with Gasteiger partial charge in [-0.2, -0.15) is 5.26 Å². The molecule has 1 unspecified atom stereocenters. The van der Waals surface area contributed by atoms with Crippen molar-refractivity contribution in [2.45, 2.75) is 5.92 Å². The van der Waals surface area contributed by atoms with Gasteiger partial charge in [0.15, 0.2) is 6.61 Å². The van der Waals surface area contributed by atoms with E-state index in [-0.39, 0.29) is 35.2 Å². The van der Waals surface area contributed by atoms with Crippen LogP contribution < -0.4 is 19.9 Å². The number of hydrogen-bond donors (Lipinski definition) is 1. The number of para-hydroxylation sites is 1. The first-order valence-electron chi connectivity index (χ1n) is 9.91. The largest absolute Gasteiger partial charge is 0.480 e. The molecule has 34 heavy (non-hydrogen) atoms. The molecule has 0 fully saturated rings. The van der Waals surface area contributed by atoms with Crippen molar-refractivity contribution in [3.8, 4) is 23.3 Å². The molecule has 1 atom stereocenters. The standard InChI is InChI=1S/C24H16ClN3O6/c25-19-6-1-2-7-20(19)32-13-22(29)33-16-8-9-17-21(11-16)34-24(27)18(12-26)23(17)14-4-3-5-15(10-14)28(30)31/h1-11,23H,13,27H2. The van der Waals surface area contributed by atoms with Crippen molar-refractivity contribution < 1.29 is 23.9 Å². The SMILES string of the molecule is N#CC1=C(N)Oc2cc(OC(=O)COc3ccccc3Cl)ccc2C1c1cccc([N+](=O)[O-])c1. The number of ether oxygens (including phenoxy) is 3. The Labute approximate surface area is 198 Å². The predicted molar refractivity (Wildman–Crippen MR) is 121 cm³/mol. The molecule has 3 aromatic rings. The predicted octanol–water partition coefficient (Wildman–Crippen LogP) is 4.45. The summed E-state index contributed by atoms with van der Waals surface area (Å²) < 4.78 is 16.3. The fourth-order valence-electron chi connectivity index (χ4n) is 3.52. The minimum atomic E-state index is -0.693. The van der Waals surface area contributed by atoms with Crippen LogP contribution in [0.1, 0.15) is 17.0 Å². The molecule has 3 aromatic carbocycles. The van der Waals surface area contributed by atoms with E-state index in [1.165, 1.54) is 30.3 Å². The van der Waals surface area contributed by atoms with Crippen molar-refractivity contribution >= 4 is 23.3 Å². The lowest BCUT2D eigenvalue weighted by atomic mass is 9.83. The number of carbonyl (C=O) groups excluding carboxylic acids is 1. The van der Waals surface area contributed by atoms with E-state index in [4.69, 9.17) is 31.5 Å². The normalized spacial score (nSPS) is 14.4. The van der Waals surface area contributed by atoms with Gasteiger partial charge < -0.3 is 19.9 Å². The molecule has 0 aliphatic carbocycles. The van der Waals surface area contributed by atoms with Crippen LogP contribution in [-0.4, -0.2) is 17.5 Å². The molecule has 0 amide bonds. The van der Waals surface area contributed by atoms with Crippen LogP contribution in [0.3, 0.4) is 0 Å². The van der Waals surface area contributed by atoms with E-state index < -0.39 is 16.8 Å². The third-order valence-corrected chi connectivity index (χ3v) is 5.33. The van der Waals surface area contributed by atoms with E-state index >= 15 is 0 Å². The lowest BCUT2D eigenvalue weighted by Crippen LogP contribution is -2.21. The molecule has 2 N–H and O–H groups in total.